The highest BCUT2D eigenvalue weighted by Gasteiger charge is 2.51. The summed E-state index contributed by atoms with van der Waals surface area (Å²) in [6.45, 7) is 2.17. The summed E-state index contributed by atoms with van der Waals surface area (Å²) < 4.78 is 0.187. The van der Waals surface area contributed by atoms with Gasteiger partial charge >= 0.3 is 0 Å². The Morgan fingerprint density at radius 2 is 1.92 bits per heavy atom. The fraction of sp³-hybridized carbons (Fsp3) is 0.400. The highest BCUT2D eigenvalue weighted by molar-refractivity contribution is 9.25. The molecule has 2 rings (SSSR count). The molecule has 0 aromatic heterocycles. The third kappa shape index (κ3) is 1.47. The van der Waals surface area contributed by atoms with Gasteiger partial charge in [0.2, 0.25) is 0 Å². The van der Waals surface area contributed by atoms with E-state index >= 15 is 0 Å². The lowest BCUT2D eigenvalue weighted by Crippen LogP contribution is -1.90. The summed E-state index contributed by atoms with van der Waals surface area (Å²) in [5, 5.41) is 0. The molecule has 1 aromatic carbocycles. The van der Waals surface area contributed by atoms with E-state index < -0.39 is 0 Å². The Morgan fingerprint density at radius 1 is 1.33 bits per heavy atom. The van der Waals surface area contributed by atoms with E-state index in [2.05, 4.69) is 63.0 Å². The van der Waals surface area contributed by atoms with E-state index in [1.807, 2.05) is 0 Å². The Kier molecular flexibility index (Phi) is 2.08. The normalized spacial score (nSPS) is 25.4. The molecule has 1 unspecified atom stereocenters. The van der Waals surface area contributed by atoms with E-state index in [0.717, 1.165) is 0 Å². The van der Waals surface area contributed by atoms with E-state index in [1.165, 1.54) is 17.5 Å². The number of hydrogen-bond acceptors (Lipinski definition) is 0. The quantitative estimate of drug-likeness (QED) is 0.686. The number of rotatable bonds is 1. The van der Waals surface area contributed by atoms with Crippen LogP contribution in [0.2, 0.25) is 0 Å². The highest BCUT2D eigenvalue weighted by atomic mass is 79.9. The fourth-order valence-corrected chi connectivity index (χ4v) is 2.67. The van der Waals surface area contributed by atoms with Crippen LogP contribution in [-0.4, -0.2) is 3.23 Å². The third-order valence-electron chi connectivity index (χ3n) is 2.39. The van der Waals surface area contributed by atoms with E-state index in [9.17, 15) is 0 Å². The molecule has 0 nitrogen and oxygen atoms in total. The summed E-state index contributed by atoms with van der Waals surface area (Å²) in [5.74, 6) is 0.652. The molecule has 1 saturated carbocycles. The zero-order valence-corrected chi connectivity index (χ0v) is 10.0. The van der Waals surface area contributed by atoms with Crippen LogP contribution in [0.5, 0.6) is 0 Å². The van der Waals surface area contributed by atoms with Gasteiger partial charge in [-0.3, -0.25) is 0 Å². The van der Waals surface area contributed by atoms with E-state index in [4.69, 9.17) is 0 Å². The summed E-state index contributed by atoms with van der Waals surface area (Å²) in [6, 6.07) is 8.58. The van der Waals surface area contributed by atoms with E-state index in [-0.39, 0.29) is 3.23 Å². The van der Waals surface area contributed by atoms with Gasteiger partial charge in [-0.05, 0) is 24.5 Å². The molecule has 0 N–H and O–H groups in total. The van der Waals surface area contributed by atoms with Crippen LogP contribution in [0, 0.1) is 6.92 Å². The van der Waals surface area contributed by atoms with E-state index in [0.29, 0.717) is 5.92 Å². The second kappa shape index (κ2) is 2.85. The summed E-state index contributed by atoms with van der Waals surface area (Å²) in [7, 11) is 0. The molecular formula is C10H10Br2. The standard InChI is InChI=1S/C10H10Br2/c1-7-4-2-3-5-8(7)9-6-10(9,11)12/h2-5,9H,6H2,1H3. The lowest BCUT2D eigenvalue weighted by molar-refractivity contribution is 1.10. The molecule has 1 atom stereocenters. The van der Waals surface area contributed by atoms with Crippen molar-refractivity contribution in [2.45, 2.75) is 22.5 Å². The molecule has 0 amide bonds. The second-order valence-corrected chi connectivity index (χ2v) is 7.27. The average Bonchev–Trinajstić information content (AvgIpc) is 2.61. The summed E-state index contributed by atoms with van der Waals surface area (Å²) in [4.78, 5) is 0. The van der Waals surface area contributed by atoms with Crippen LogP contribution in [-0.2, 0) is 0 Å². The topological polar surface area (TPSA) is 0 Å². The second-order valence-electron chi connectivity index (χ2n) is 3.37. The van der Waals surface area contributed by atoms with Crippen LogP contribution < -0.4 is 0 Å². The van der Waals surface area contributed by atoms with Gasteiger partial charge in [0.15, 0.2) is 0 Å². The molecule has 12 heavy (non-hydrogen) atoms. The Morgan fingerprint density at radius 3 is 2.42 bits per heavy atom. The molecule has 0 spiro atoms. The molecule has 0 aliphatic heterocycles. The molecule has 1 aromatic rings. The van der Waals surface area contributed by atoms with Crippen molar-refractivity contribution in [2.75, 3.05) is 0 Å². The first-order valence-corrected chi connectivity index (χ1v) is 5.63. The van der Waals surface area contributed by atoms with Gasteiger partial charge in [-0.15, -0.1) is 0 Å². The van der Waals surface area contributed by atoms with Crippen molar-refractivity contribution in [2.24, 2.45) is 0 Å². The molecule has 0 saturated heterocycles. The minimum atomic E-state index is 0.187. The summed E-state index contributed by atoms with van der Waals surface area (Å²) >= 11 is 7.28. The Hall–Kier alpha value is 0.180. The average molecular weight is 290 g/mol. The molecule has 1 aliphatic rings. The minimum absolute atomic E-state index is 0.187. The number of halogens is 2. The number of benzene rings is 1. The van der Waals surface area contributed by atoms with Gasteiger partial charge in [0.25, 0.3) is 0 Å². The molecule has 0 radical (unpaired) electrons. The maximum absolute atomic E-state index is 3.64. The van der Waals surface area contributed by atoms with Gasteiger partial charge in [-0.1, -0.05) is 56.1 Å². The van der Waals surface area contributed by atoms with Crippen molar-refractivity contribution in [1.29, 1.82) is 0 Å². The van der Waals surface area contributed by atoms with Gasteiger partial charge < -0.3 is 0 Å². The summed E-state index contributed by atoms with van der Waals surface area (Å²) in [6.07, 6.45) is 1.19. The minimum Gasteiger partial charge on any atom is -0.0720 e. The lowest BCUT2D eigenvalue weighted by Gasteiger charge is -2.04. The lowest BCUT2D eigenvalue weighted by atomic mass is 10.1. The first-order chi connectivity index (χ1) is 5.61. The smallest absolute Gasteiger partial charge is 0.0720 e. The third-order valence-corrected chi connectivity index (χ3v) is 4.14. The van der Waals surface area contributed by atoms with Crippen LogP contribution in [0.3, 0.4) is 0 Å². The van der Waals surface area contributed by atoms with Crippen molar-refractivity contribution >= 4 is 31.9 Å². The van der Waals surface area contributed by atoms with Crippen molar-refractivity contribution in [3.63, 3.8) is 0 Å². The van der Waals surface area contributed by atoms with Crippen LogP contribution in [0.1, 0.15) is 23.5 Å². The van der Waals surface area contributed by atoms with Gasteiger partial charge in [0.1, 0.15) is 0 Å². The van der Waals surface area contributed by atoms with Gasteiger partial charge in [0.05, 0.1) is 3.23 Å². The van der Waals surface area contributed by atoms with Crippen LogP contribution in [0.4, 0.5) is 0 Å². The molecule has 0 bridgehead atoms. The maximum Gasteiger partial charge on any atom is 0.0881 e. The van der Waals surface area contributed by atoms with Crippen LogP contribution >= 0.6 is 31.9 Å². The largest absolute Gasteiger partial charge is 0.0881 e. The molecule has 1 fully saturated rings. The number of hydrogen-bond donors (Lipinski definition) is 0. The zero-order chi connectivity index (χ0) is 8.77. The first-order valence-electron chi connectivity index (χ1n) is 4.04. The monoisotopic (exact) mass is 288 g/mol. The predicted molar refractivity (Wildman–Crippen MR) is 59.1 cm³/mol. The fourth-order valence-electron chi connectivity index (χ4n) is 1.53. The molecule has 64 valence electrons. The number of alkyl halides is 2. The maximum atomic E-state index is 3.64. The van der Waals surface area contributed by atoms with Gasteiger partial charge in [0, 0.05) is 5.92 Å². The highest BCUT2D eigenvalue weighted by Crippen LogP contribution is 2.62. The predicted octanol–water partition coefficient (Wildman–Crippen LogP) is 3.97. The summed E-state index contributed by atoms with van der Waals surface area (Å²) in [5.41, 5.74) is 2.86. The molecule has 2 heteroatoms. The Labute approximate surface area is 89.6 Å². The first kappa shape index (κ1) is 8.76. The molecule has 1 aliphatic carbocycles. The zero-order valence-electron chi connectivity index (χ0n) is 6.85. The van der Waals surface area contributed by atoms with Gasteiger partial charge in [-0.25, -0.2) is 0 Å². The van der Waals surface area contributed by atoms with Crippen molar-refractivity contribution in [3.8, 4) is 0 Å². The molecular weight excluding hydrogens is 280 g/mol. The Bertz CT molecular complexity index is 304. The Balaban J connectivity index is 2.31. The van der Waals surface area contributed by atoms with Crippen LogP contribution in [0.25, 0.3) is 0 Å². The van der Waals surface area contributed by atoms with Crippen molar-refractivity contribution < 1.29 is 0 Å². The van der Waals surface area contributed by atoms with Gasteiger partial charge in [-0.2, -0.15) is 0 Å². The van der Waals surface area contributed by atoms with Crippen LogP contribution in [0.15, 0.2) is 24.3 Å². The van der Waals surface area contributed by atoms with Crippen molar-refractivity contribution in [1.82, 2.24) is 0 Å². The number of aryl methyl sites for hydroxylation is 1. The molecule has 0 heterocycles. The SMILES string of the molecule is Cc1ccccc1C1CC1(Br)Br. The van der Waals surface area contributed by atoms with E-state index in [1.54, 1.807) is 0 Å². The van der Waals surface area contributed by atoms with Crippen molar-refractivity contribution in [3.05, 3.63) is 35.4 Å².